The van der Waals surface area contributed by atoms with Gasteiger partial charge >= 0.3 is 0 Å². The number of carbonyl (C=O) groups excluding carboxylic acids is 1. The first-order chi connectivity index (χ1) is 10.6. The Morgan fingerprint density at radius 2 is 2.00 bits per heavy atom. The number of halogens is 1. The van der Waals surface area contributed by atoms with E-state index in [0.29, 0.717) is 13.2 Å². The summed E-state index contributed by atoms with van der Waals surface area (Å²) in [6, 6.07) is 14.3. The molecule has 1 aliphatic rings. The molecule has 0 spiro atoms. The fourth-order valence-corrected chi connectivity index (χ4v) is 2.94. The highest BCUT2D eigenvalue weighted by atomic mass is 35.5. The van der Waals surface area contributed by atoms with Gasteiger partial charge in [0, 0.05) is 20.1 Å². The number of rotatable bonds is 3. The summed E-state index contributed by atoms with van der Waals surface area (Å²) < 4.78 is 5.56. The van der Waals surface area contributed by atoms with Crippen LogP contribution in [-0.4, -0.2) is 43.2 Å². The van der Waals surface area contributed by atoms with Gasteiger partial charge in [0.25, 0.3) is 0 Å². The first kappa shape index (κ1) is 17.7. The van der Waals surface area contributed by atoms with Crippen molar-refractivity contribution in [3.63, 3.8) is 0 Å². The number of likely N-dealkylation sites (N-methyl/N-ethyl adjacent to an activating group) is 1. The van der Waals surface area contributed by atoms with Gasteiger partial charge in [-0.05, 0) is 29.3 Å². The van der Waals surface area contributed by atoms with Crippen molar-refractivity contribution in [2.24, 2.45) is 0 Å². The van der Waals surface area contributed by atoms with Gasteiger partial charge in [0.15, 0.2) is 0 Å². The maximum atomic E-state index is 12.6. The van der Waals surface area contributed by atoms with E-state index in [1.54, 1.807) is 4.90 Å². The third-order valence-corrected chi connectivity index (χ3v) is 4.19. The van der Waals surface area contributed by atoms with Crippen LogP contribution in [0.15, 0.2) is 42.5 Å². The molecule has 1 saturated heterocycles. The van der Waals surface area contributed by atoms with E-state index in [-0.39, 0.29) is 30.5 Å². The van der Waals surface area contributed by atoms with E-state index in [9.17, 15) is 4.79 Å². The lowest BCUT2D eigenvalue weighted by Gasteiger charge is -2.32. The Bertz CT molecular complexity index is 677. The summed E-state index contributed by atoms with van der Waals surface area (Å²) in [6.45, 7) is 3.94. The van der Waals surface area contributed by atoms with Crippen molar-refractivity contribution in [1.29, 1.82) is 0 Å². The molecule has 2 aromatic rings. The number of carbonyl (C=O) groups is 1. The molecule has 124 valence electrons. The Labute approximate surface area is 143 Å². The monoisotopic (exact) mass is 334 g/mol. The first-order valence-electron chi connectivity index (χ1n) is 7.73. The minimum Gasteiger partial charge on any atom is -0.375 e. The van der Waals surface area contributed by atoms with Gasteiger partial charge < -0.3 is 15.0 Å². The number of morpholine rings is 1. The van der Waals surface area contributed by atoms with Gasteiger partial charge in [0.2, 0.25) is 5.91 Å². The molecular formula is C18H23ClN2O2. The van der Waals surface area contributed by atoms with Gasteiger partial charge in [-0.25, -0.2) is 0 Å². The van der Waals surface area contributed by atoms with Crippen molar-refractivity contribution in [3.8, 4) is 0 Å². The maximum Gasteiger partial charge on any atom is 0.242 e. The van der Waals surface area contributed by atoms with Crippen LogP contribution in [-0.2, 0) is 16.1 Å². The fourth-order valence-electron chi connectivity index (χ4n) is 2.94. The summed E-state index contributed by atoms with van der Waals surface area (Å²) in [7, 11) is 1.85. The van der Waals surface area contributed by atoms with Crippen molar-refractivity contribution in [2.45, 2.75) is 25.6 Å². The van der Waals surface area contributed by atoms with E-state index in [1.807, 2.05) is 26.1 Å². The molecule has 23 heavy (non-hydrogen) atoms. The van der Waals surface area contributed by atoms with Crippen LogP contribution < -0.4 is 5.32 Å². The van der Waals surface area contributed by atoms with Crippen LogP contribution in [0.25, 0.3) is 10.8 Å². The smallest absolute Gasteiger partial charge is 0.242 e. The zero-order chi connectivity index (χ0) is 15.5. The second-order valence-electron chi connectivity index (χ2n) is 5.88. The maximum absolute atomic E-state index is 12.6. The zero-order valence-electron chi connectivity index (χ0n) is 13.5. The lowest BCUT2D eigenvalue weighted by Crippen LogP contribution is -2.55. The third kappa shape index (κ3) is 4.02. The molecule has 2 aromatic carbocycles. The standard InChI is InChI=1S/C18H22N2O2.ClH/c1-13-17(19-9-10-22-13)18(21)20(2)12-14-7-8-15-5-3-4-6-16(15)11-14;/h3-8,11,13,17,19H,9-10,12H2,1-2H3;1H/t13-,17+;/m1./s1. The van der Waals surface area contributed by atoms with E-state index in [4.69, 9.17) is 4.74 Å². The molecule has 1 N–H and O–H groups in total. The predicted octanol–water partition coefficient (Wildman–Crippen LogP) is 2.60. The van der Waals surface area contributed by atoms with E-state index in [1.165, 1.54) is 10.8 Å². The van der Waals surface area contributed by atoms with Crippen molar-refractivity contribution in [2.75, 3.05) is 20.2 Å². The van der Waals surface area contributed by atoms with Gasteiger partial charge in [-0.15, -0.1) is 12.4 Å². The molecule has 0 radical (unpaired) electrons. The van der Waals surface area contributed by atoms with Crippen LogP contribution in [0.4, 0.5) is 0 Å². The molecular weight excluding hydrogens is 312 g/mol. The van der Waals surface area contributed by atoms with Crippen LogP contribution in [0.2, 0.25) is 0 Å². The number of amides is 1. The van der Waals surface area contributed by atoms with Gasteiger partial charge in [-0.3, -0.25) is 4.79 Å². The van der Waals surface area contributed by atoms with Gasteiger partial charge in [0.1, 0.15) is 6.04 Å². The second kappa shape index (κ2) is 7.77. The lowest BCUT2D eigenvalue weighted by atomic mass is 10.1. The average Bonchev–Trinajstić information content (AvgIpc) is 2.54. The van der Waals surface area contributed by atoms with E-state index >= 15 is 0 Å². The summed E-state index contributed by atoms with van der Waals surface area (Å²) >= 11 is 0. The zero-order valence-corrected chi connectivity index (χ0v) is 14.3. The fraction of sp³-hybridized carbons (Fsp3) is 0.389. The highest BCUT2D eigenvalue weighted by Gasteiger charge is 2.30. The van der Waals surface area contributed by atoms with Crippen molar-refractivity contribution < 1.29 is 9.53 Å². The summed E-state index contributed by atoms with van der Waals surface area (Å²) in [5, 5.41) is 5.67. The Kier molecular flexibility index (Phi) is 5.99. The van der Waals surface area contributed by atoms with E-state index in [0.717, 1.165) is 12.1 Å². The minimum absolute atomic E-state index is 0. The molecule has 1 fully saturated rings. The van der Waals surface area contributed by atoms with Gasteiger partial charge in [0.05, 0.1) is 12.7 Å². The molecule has 4 nitrogen and oxygen atoms in total. The SMILES string of the molecule is C[C@H]1OCCN[C@@H]1C(=O)N(C)Cc1ccc2ccccc2c1.Cl. The van der Waals surface area contributed by atoms with Crippen LogP contribution in [0.3, 0.4) is 0 Å². The second-order valence-corrected chi connectivity index (χ2v) is 5.88. The van der Waals surface area contributed by atoms with Crippen LogP contribution in [0.5, 0.6) is 0 Å². The van der Waals surface area contributed by atoms with Crippen molar-refractivity contribution >= 4 is 29.1 Å². The van der Waals surface area contributed by atoms with Crippen LogP contribution in [0.1, 0.15) is 12.5 Å². The molecule has 5 heteroatoms. The van der Waals surface area contributed by atoms with Crippen molar-refractivity contribution in [3.05, 3.63) is 48.0 Å². The number of fused-ring (bicyclic) bond motifs is 1. The highest BCUT2D eigenvalue weighted by Crippen LogP contribution is 2.17. The number of hydrogen-bond donors (Lipinski definition) is 1. The number of nitrogens with one attached hydrogen (secondary N) is 1. The average molecular weight is 335 g/mol. The topological polar surface area (TPSA) is 41.6 Å². The number of ether oxygens (including phenoxy) is 1. The van der Waals surface area contributed by atoms with Crippen molar-refractivity contribution in [1.82, 2.24) is 10.2 Å². The number of benzene rings is 2. The molecule has 2 atom stereocenters. The third-order valence-electron chi connectivity index (χ3n) is 4.19. The normalized spacial score (nSPS) is 20.8. The molecule has 3 rings (SSSR count). The van der Waals surface area contributed by atoms with Crippen LogP contribution >= 0.6 is 12.4 Å². The molecule has 0 aliphatic carbocycles. The first-order valence-corrected chi connectivity index (χ1v) is 7.73. The molecule has 0 saturated carbocycles. The molecule has 0 bridgehead atoms. The Morgan fingerprint density at radius 3 is 2.74 bits per heavy atom. The number of hydrogen-bond acceptors (Lipinski definition) is 3. The van der Waals surface area contributed by atoms with Gasteiger partial charge in [-0.2, -0.15) is 0 Å². The summed E-state index contributed by atoms with van der Waals surface area (Å²) in [5.74, 6) is 0.0837. The Hall–Kier alpha value is -1.62. The number of nitrogens with zero attached hydrogens (tertiary/aromatic N) is 1. The summed E-state index contributed by atoms with van der Waals surface area (Å²) in [6.07, 6.45) is -0.0831. The van der Waals surface area contributed by atoms with E-state index < -0.39 is 0 Å². The Balaban J connectivity index is 0.00000192. The van der Waals surface area contributed by atoms with Crippen LogP contribution in [0, 0.1) is 0 Å². The highest BCUT2D eigenvalue weighted by molar-refractivity contribution is 5.85. The molecule has 1 heterocycles. The molecule has 0 unspecified atom stereocenters. The lowest BCUT2D eigenvalue weighted by molar-refractivity contribution is -0.138. The summed E-state index contributed by atoms with van der Waals surface area (Å²) in [5.41, 5.74) is 1.14. The molecule has 1 aliphatic heterocycles. The summed E-state index contributed by atoms with van der Waals surface area (Å²) in [4.78, 5) is 14.3. The predicted molar refractivity (Wildman–Crippen MR) is 94.9 cm³/mol. The van der Waals surface area contributed by atoms with Gasteiger partial charge in [-0.1, -0.05) is 36.4 Å². The Morgan fingerprint density at radius 1 is 1.26 bits per heavy atom. The largest absolute Gasteiger partial charge is 0.375 e. The molecule has 1 amide bonds. The minimum atomic E-state index is -0.251. The molecule has 0 aromatic heterocycles. The van der Waals surface area contributed by atoms with E-state index in [2.05, 4.69) is 35.6 Å². The quantitative estimate of drug-likeness (QED) is 0.938.